The molecular weight excluding hydrogens is 320 g/mol. The van der Waals surface area contributed by atoms with Gasteiger partial charge in [0.15, 0.2) is 0 Å². The normalized spacial score (nSPS) is 17.1. The lowest BCUT2D eigenvalue weighted by Crippen LogP contribution is -2.38. The zero-order valence-corrected chi connectivity index (χ0v) is 15.3. The van der Waals surface area contributed by atoms with Crippen LogP contribution in [-0.2, 0) is 10.0 Å². The third-order valence-corrected chi connectivity index (χ3v) is 6.86. The molecule has 0 spiro atoms. The van der Waals surface area contributed by atoms with E-state index in [2.05, 4.69) is 11.1 Å². The lowest BCUT2D eigenvalue weighted by Gasteiger charge is -2.31. The maximum atomic E-state index is 13.0. The van der Waals surface area contributed by atoms with E-state index in [1.54, 1.807) is 10.4 Å². The highest BCUT2D eigenvalue weighted by Crippen LogP contribution is 2.31. The topological polar surface area (TPSA) is 50.3 Å². The number of piperidine rings is 1. The first-order chi connectivity index (χ1) is 11.4. The van der Waals surface area contributed by atoms with Crippen LogP contribution in [0, 0.1) is 20.8 Å². The van der Waals surface area contributed by atoms with E-state index in [0.717, 1.165) is 29.7 Å². The van der Waals surface area contributed by atoms with Crippen molar-refractivity contribution in [1.29, 1.82) is 0 Å². The molecule has 1 aliphatic rings. The molecule has 5 heteroatoms. The van der Waals surface area contributed by atoms with Crippen molar-refractivity contribution >= 4 is 10.0 Å². The Labute approximate surface area is 144 Å². The van der Waals surface area contributed by atoms with Crippen LogP contribution in [0.5, 0.6) is 0 Å². The lowest BCUT2D eigenvalue weighted by atomic mass is 9.91. The van der Waals surface area contributed by atoms with E-state index in [4.69, 9.17) is 0 Å². The van der Waals surface area contributed by atoms with E-state index >= 15 is 0 Å². The van der Waals surface area contributed by atoms with E-state index in [1.807, 2.05) is 45.2 Å². The van der Waals surface area contributed by atoms with Crippen LogP contribution in [0.4, 0.5) is 0 Å². The van der Waals surface area contributed by atoms with Gasteiger partial charge in [-0.15, -0.1) is 0 Å². The summed E-state index contributed by atoms with van der Waals surface area (Å²) in [6.45, 7) is 6.89. The molecule has 1 aromatic heterocycles. The van der Waals surface area contributed by atoms with Crippen molar-refractivity contribution in [3.8, 4) is 0 Å². The minimum Gasteiger partial charge on any atom is -0.261 e. The van der Waals surface area contributed by atoms with Crippen LogP contribution < -0.4 is 0 Å². The van der Waals surface area contributed by atoms with Crippen LogP contribution in [-0.4, -0.2) is 30.8 Å². The third kappa shape index (κ3) is 3.37. The van der Waals surface area contributed by atoms with Gasteiger partial charge >= 0.3 is 0 Å². The minimum absolute atomic E-state index is 0.392. The third-order valence-electron chi connectivity index (χ3n) is 4.82. The first-order valence-electron chi connectivity index (χ1n) is 8.38. The van der Waals surface area contributed by atoms with Crippen molar-refractivity contribution in [2.75, 3.05) is 13.1 Å². The van der Waals surface area contributed by atoms with Gasteiger partial charge in [-0.25, -0.2) is 8.42 Å². The van der Waals surface area contributed by atoms with E-state index in [-0.39, 0.29) is 0 Å². The fourth-order valence-corrected chi connectivity index (χ4v) is 5.05. The Morgan fingerprint density at radius 1 is 1.04 bits per heavy atom. The van der Waals surface area contributed by atoms with E-state index in [9.17, 15) is 8.42 Å². The Hall–Kier alpha value is -1.72. The molecule has 4 nitrogen and oxygen atoms in total. The molecule has 1 saturated heterocycles. The Morgan fingerprint density at radius 2 is 1.75 bits per heavy atom. The highest BCUT2D eigenvalue weighted by atomic mass is 32.2. The van der Waals surface area contributed by atoms with Gasteiger partial charge < -0.3 is 0 Å². The van der Waals surface area contributed by atoms with Gasteiger partial charge in [0.2, 0.25) is 10.0 Å². The number of sulfonamides is 1. The number of aromatic nitrogens is 1. The predicted molar refractivity (Wildman–Crippen MR) is 95.6 cm³/mol. The van der Waals surface area contributed by atoms with Gasteiger partial charge in [0, 0.05) is 25.0 Å². The molecule has 0 atom stereocenters. The van der Waals surface area contributed by atoms with Crippen molar-refractivity contribution < 1.29 is 8.42 Å². The van der Waals surface area contributed by atoms with Gasteiger partial charge in [-0.2, -0.15) is 4.31 Å². The largest absolute Gasteiger partial charge is 0.261 e. The van der Waals surface area contributed by atoms with Gasteiger partial charge in [-0.1, -0.05) is 18.2 Å². The number of benzene rings is 1. The molecule has 0 unspecified atom stereocenters. The second-order valence-electron chi connectivity index (χ2n) is 6.68. The first-order valence-corrected chi connectivity index (χ1v) is 9.82. The van der Waals surface area contributed by atoms with Crippen LogP contribution in [0.2, 0.25) is 0 Å². The number of aryl methyl sites for hydroxylation is 3. The average molecular weight is 344 g/mol. The Balaban J connectivity index is 1.76. The summed E-state index contributed by atoms with van der Waals surface area (Å²) < 4.78 is 27.6. The molecule has 1 fully saturated rings. The van der Waals surface area contributed by atoms with Gasteiger partial charge in [0.25, 0.3) is 0 Å². The zero-order valence-electron chi connectivity index (χ0n) is 14.5. The SMILES string of the molecule is Cc1ccc(C)c(S(=O)(=O)N2CCC(c3ccc(C)nc3)CC2)c1. The summed E-state index contributed by atoms with van der Waals surface area (Å²) in [4.78, 5) is 4.80. The molecule has 2 heterocycles. The number of nitrogens with zero attached hydrogens (tertiary/aromatic N) is 2. The molecule has 0 radical (unpaired) electrons. The number of rotatable bonds is 3. The zero-order chi connectivity index (χ0) is 17.3. The standard InChI is InChI=1S/C19H24N2O2S/c1-14-4-5-15(2)19(12-14)24(22,23)21-10-8-17(9-11-21)18-7-6-16(3)20-13-18/h4-7,12-13,17H,8-11H2,1-3H3. The summed E-state index contributed by atoms with van der Waals surface area (Å²) in [6, 6.07) is 9.75. The highest BCUT2D eigenvalue weighted by Gasteiger charge is 2.31. The molecule has 24 heavy (non-hydrogen) atoms. The molecule has 3 rings (SSSR count). The summed E-state index contributed by atoms with van der Waals surface area (Å²) in [5.41, 5.74) is 4.00. The molecule has 0 aliphatic carbocycles. The van der Waals surface area contributed by atoms with Crippen molar-refractivity contribution in [3.63, 3.8) is 0 Å². The Morgan fingerprint density at radius 3 is 2.38 bits per heavy atom. The average Bonchev–Trinajstić information content (AvgIpc) is 2.58. The predicted octanol–water partition coefficient (Wildman–Crippen LogP) is 3.58. The lowest BCUT2D eigenvalue weighted by molar-refractivity contribution is 0.319. The molecule has 2 aromatic rings. The van der Waals surface area contributed by atoms with E-state index in [1.165, 1.54) is 5.56 Å². The Bertz CT molecular complexity index is 821. The number of pyridine rings is 1. The van der Waals surface area contributed by atoms with Gasteiger partial charge in [-0.3, -0.25) is 4.98 Å². The van der Waals surface area contributed by atoms with Crippen LogP contribution >= 0.6 is 0 Å². The quantitative estimate of drug-likeness (QED) is 0.855. The molecule has 1 aromatic carbocycles. The van der Waals surface area contributed by atoms with Gasteiger partial charge in [-0.05, 0) is 68.4 Å². The summed E-state index contributed by atoms with van der Waals surface area (Å²) in [5.74, 6) is 0.392. The Kier molecular flexibility index (Phi) is 4.74. The second-order valence-corrected chi connectivity index (χ2v) is 8.59. The van der Waals surface area contributed by atoms with Gasteiger partial charge in [0.1, 0.15) is 0 Å². The molecule has 0 amide bonds. The van der Waals surface area contributed by atoms with Crippen molar-refractivity contribution in [1.82, 2.24) is 9.29 Å². The highest BCUT2D eigenvalue weighted by molar-refractivity contribution is 7.89. The molecule has 0 saturated carbocycles. The van der Waals surface area contributed by atoms with Crippen LogP contribution in [0.3, 0.4) is 0 Å². The summed E-state index contributed by atoms with van der Waals surface area (Å²) in [6.07, 6.45) is 3.61. The second kappa shape index (κ2) is 6.65. The van der Waals surface area contributed by atoms with Crippen molar-refractivity contribution in [2.24, 2.45) is 0 Å². The van der Waals surface area contributed by atoms with Crippen LogP contribution in [0.1, 0.15) is 41.1 Å². The molecule has 128 valence electrons. The maximum absolute atomic E-state index is 13.0. The summed E-state index contributed by atoms with van der Waals surface area (Å²) >= 11 is 0. The van der Waals surface area contributed by atoms with E-state index in [0.29, 0.717) is 23.9 Å². The maximum Gasteiger partial charge on any atom is 0.243 e. The molecule has 0 N–H and O–H groups in total. The van der Waals surface area contributed by atoms with Crippen LogP contribution in [0.25, 0.3) is 0 Å². The van der Waals surface area contributed by atoms with Crippen LogP contribution in [0.15, 0.2) is 41.4 Å². The van der Waals surface area contributed by atoms with Crippen molar-refractivity contribution in [3.05, 3.63) is 58.9 Å². The minimum atomic E-state index is -3.41. The number of hydrogen-bond donors (Lipinski definition) is 0. The fraction of sp³-hybridized carbons (Fsp3) is 0.421. The summed E-state index contributed by atoms with van der Waals surface area (Å²) in [5, 5.41) is 0. The smallest absolute Gasteiger partial charge is 0.243 e. The summed E-state index contributed by atoms with van der Waals surface area (Å²) in [7, 11) is -3.41. The van der Waals surface area contributed by atoms with Crippen molar-refractivity contribution in [2.45, 2.75) is 44.4 Å². The first kappa shape index (κ1) is 17.1. The van der Waals surface area contributed by atoms with E-state index < -0.39 is 10.0 Å². The number of hydrogen-bond acceptors (Lipinski definition) is 3. The molecule has 0 bridgehead atoms. The molecule has 1 aliphatic heterocycles. The fourth-order valence-electron chi connectivity index (χ4n) is 3.27. The van der Waals surface area contributed by atoms with Gasteiger partial charge in [0.05, 0.1) is 4.90 Å². The monoisotopic (exact) mass is 344 g/mol. The molecular formula is C19H24N2O2S.